The van der Waals surface area contributed by atoms with Crippen molar-refractivity contribution in [2.45, 2.75) is 69.4 Å². The van der Waals surface area contributed by atoms with Gasteiger partial charge in [0.05, 0.1) is 5.60 Å². The van der Waals surface area contributed by atoms with Crippen molar-refractivity contribution < 1.29 is 4.74 Å². The van der Waals surface area contributed by atoms with Gasteiger partial charge in [0.1, 0.15) is 0 Å². The van der Waals surface area contributed by atoms with Gasteiger partial charge in [-0.2, -0.15) is 0 Å². The Morgan fingerprint density at radius 3 is 2.69 bits per heavy atom. The fourth-order valence-electron chi connectivity index (χ4n) is 3.47. The van der Waals surface area contributed by atoms with Gasteiger partial charge in [-0.15, -0.1) is 0 Å². The Labute approximate surface area is 99.1 Å². The lowest BCUT2D eigenvalue weighted by Gasteiger charge is -2.38. The summed E-state index contributed by atoms with van der Waals surface area (Å²) < 4.78 is 6.06. The van der Waals surface area contributed by atoms with Crippen molar-refractivity contribution in [3.63, 3.8) is 0 Å². The number of ether oxygens (including phenoxy) is 1. The average Bonchev–Trinajstić information content (AvgIpc) is 3.01. The Hall–Kier alpha value is -0.0800. The van der Waals surface area contributed by atoms with Crippen LogP contribution in [0.1, 0.15) is 57.8 Å². The van der Waals surface area contributed by atoms with Crippen LogP contribution in [0.5, 0.6) is 0 Å². The van der Waals surface area contributed by atoms with Crippen LogP contribution >= 0.6 is 0 Å². The third-order valence-corrected chi connectivity index (χ3v) is 4.69. The van der Waals surface area contributed by atoms with Crippen LogP contribution < -0.4 is 5.32 Å². The van der Waals surface area contributed by atoms with Gasteiger partial charge in [-0.05, 0) is 44.6 Å². The minimum absolute atomic E-state index is 0.287. The van der Waals surface area contributed by atoms with Crippen molar-refractivity contribution >= 4 is 0 Å². The van der Waals surface area contributed by atoms with Crippen molar-refractivity contribution in [2.24, 2.45) is 5.92 Å². The summed E-state index contributed by atoms with van der Waals surface area (Å²) in [6.45, 7) is 2.23. The van der Waals surface area contributed by atoms with E-state index < -0.39 is 0 Å². The fraction of sp³-hybridized carbons (Fsp3) is 1.00. The molecule has 16 heavy (non-hydrogen) atoms. The lowest BCUT2D eigenvalue weighted by atomic mass is 9.89. The molecule has 1 spiro atoms. The summed E-state index contributed by atoms with van der Waals surface area (Å²) in [5.74, 6) is 1.06. The van der Waals surface area contributed by atoms with Gasteiger partial charge in [0.15, 0.2) is 0 Å². The summed E-state index contributed by atoms with van der Waals surface area (Å²) in [6, 6.07) is 0.741. The third-order valence-electron chi connectivity index (χ3n) is 4.69. The molecule has 0 amide bonds. The molecule has 0 bridgehead atoms. The third kappa shape index (κ3) is 2.60. The molecule has 92 valence electrons. The van der Waals surface area contributed by atoms with Gasteiger partial charge in [0, 0.05) is 12.6 Å². The summed E-state index contributed by atoms with van der Waals surface area (Å²) >= 11 is 0. The maximum absolute atomic E-state index is 6.06. The average molecular weight is 223 g/mol. The Bertz CT molecular complexity index is 231. The molecule has 2 heteroatoms. The summed E-state index contributed by atoms with van der Waals surface area (Å²) in [4.78, 5) is 0. The van der Waals surface area contributed by atoms with E-state index in [2.05, 4.69) is 5.32 Å². The molecule has 0 radical (unpaired) electrons. The molecule has 0 aromatic heterocycles. The first kappa shape index (κ1) is 11.0. The zero-order valence-electron chi connectivity index (χ0n) is 10.3. The van der Waals surface area contributed by atoms with Gasteiger partial charge in [-0.1, -0.05) is 25.7 Å². The lowest BCUT2D eigenvalue weighted by molar-refractivity contribution is -0.0835. The SMILES string of the molecule is C1CCC2(C1)CC(NCCC1CC1)CCO2. The maximum Gasteiger partial charge on any atom is 0.0697 e. The second-order valence-corrected chi connectivity index (χ2v) is 6.11. The van der Waals surface area contributed by atoms with Crippen LogP contribution in [0.3, 0.4) is 0 Å². The molecule has 1 aliphatic heterocycles. The number of rotatable bonds is 4. The molecule has 3 rings (SSSR count). The van der Waals surface area contributed by atoms with Crippen LogP contribution in [-0.2, 0) is 4.74 Å². The molecule has 1 unspecified atom stereocenters. The first-order valence-corrected chi connectivity index (χ1v) is 7.24. The van der Waals surface area contributed by atoms with Crippen LogP contribution in [0, 0.1) is 5.92 Å². The lowest BCUT2D eigenvalue weighted by Crippen LogP contribution is -2.45. The van der Waals surface area contributed by atoms with Gasteiger partial charge < -0.3 is 10.1 Å². The Kier molecular flexibility index (Phi) is 3.21. The second-order valence-electron chi connectivity index (χ2n) is 6.11. The smallest absolute Gasteiger partial charge is 0.0697 e. The first-order valence-electron chi connectivity index (χ1n) is 7.24. The standard InChI is InChI=1S/C14H25NO/c1-2-8-14(7-1)11-13(6-10-16-14)15-9-5-12-3-4-12/h12-13,15H,1-11H2. The van der Waals surface area contributed by atoms with Gasteiger partial charge in [-0.3, -0.25) is 0 Å². The van der Waals surface area contributed by atoms with Gasteiger partial charge in [0.2, 0.25) is 0 Å². The highest BCUT2D eigenvalue weighted by atomic mass is 16.5. The first-order chi connectivity index (χ1) is 7.86. The Morgan fingerprint density at radius 1 is 1.12 bits per heavy atom. The predicted molar refractivity (Wildman–Crippen MR) is 65.5 cm³/mol. The molecule has 2 nitrogen and oxygen atoms in total. The molecule has 2 saturated carbocycles. The molecule has 1 saturated heterocycles. The van der Waals surface area contributed by atoms with Crippen molar-refractivity contribution in [3.05, 3.63) is 0 Å². The van der Waals surface area contributed by atoms with Crippen LogP contribution in [0.15, 0.2) is 0 Å². The zero-order valence-corrected chi connectivity index (χ0v) is 10.3. The van der Waals surface area contributed by atoms with Gasteiger partial charge in [0.25, 0.3) is 0 Å². The van der Waals surface area contributed by atoms with E-state index in [-0.39, 0.29) is 5.60 Å². The van der Waals surface area contributed by atoms with Crippen LogP contribution in [0.25, 0.3) is 0 Å². The Morgan fingerprint density at radius 2 is 1.94 bits per heavy atom. The van der Waals surface area contributed by atoms with Crippen molar-refractivity contribution in [1.29, 1.82) is 0 Å². The summed E-state index contributed by atoms with van der Waals surface area (Å²) in [6.07, 6.45) is 12.3. The second kappa shape index (κ2) is 4.66. The molecular formula is C14H25NO. The van der Waals surface area contributed by atoms with Crippen LogP contribution in [-0.4, -0.2) is 24.8 Å². The van der Waals surface area contributed by atoms with Crippen LogP contribution in [0.2, 0.25) is 0 Å². The van der Waals surface area contributed by atoms with Crippen LogP contribution in [0.4, 0.5) is 0 Å². The van der Waals surface area contributed by atoms with E-state index in [1.165, 1.54) is 64.3 Å². The highest BCUT2D eigenvalue weighted by Gasteiger charge is 2.39. The number of hydrogen-bond acceptors (Lipinski definition) is 2. The summed E-state index contributed by atoms with van der Waals surface area (Å²) in [5, 5.41) is 3.76. The van der Waals surface area contributed by atoms with Crippen molar-refractivity contribution in [3.8, 4) is 0 Å². The fourth-order valence-corrected chi connectivity index (χ4v) is 3.47. The van der Waals surface area contributed by atoms with E-state index in [0.717, 1.165) is 18.6 Å². The minimum Gasteiger partial charge on any atom is -0.375 e. The molecule has 3 fully saturated rings. The summed E-state index contributed by atoms with van der Waals surface area (Å²) in [5.41, 5.74) is 0.287. The Balaban J connectivity index is 1.43. The van der Waals surface area contributed by atoms with E-state index >= 15 is 0 Å². The minimum atomic E-state index is 0.287. The van der Waals surface area contributed by atoms with E-state index in [1.807, 2.05) is 0 Å². The molecular weight excluding hydrogens is 198 g/mol. The largest absolute Gasteiger partial charge is 0.375 e. The molecule has 0 aromatic carbocycles. The van der Waals surface area contributed by atoms with E-state index in [9.17, 15) is 0 Å². The van der Waals surface area contributed by atoms with Crippen molar-refractivity contribution in [2.75, 3.05) is 13.2 Å². The highest BCUT2D eigenvalue weighted by Crippen LogP contribution is 2.40. The highest BCUT2D eigenvalue weighted by molar-refractivity contribution is 4.93. The monoisotopic (exact) mass is 223 g/mol. The number of nitrogens with one attached hydrogen (secondary N) is 1. The molecule has 0 aromatic rings. The number of hydrogen-bond donors (Lipinski definition) is 1. The molecule has 1 atom stereocenters. The normalized spacial score (nSPS) is 33.4. The quantitative estimate of drug-likeness (QED) is 0.791. The van der Waals surface area contributed by atoms with E-state index in [1.54, 1.807) is 0 Å². The predicted octanol–water partition coefficient (Wildman–Crippen LogP) is 2.87. The molecule has 2 aliphatic carbocycles. The molecule has 3 aliphatic rings. The maximum atomic E-state index is 6.06. The zero-order chi connectivity index (χ0) is 10.8. The summed E-state index contributed by atoms with van der Waals surface area (Å²) in [7, 11) is 0. The van der Waals surface area contributed by atoms with E-state index in [0.29, 0.717) is 0 Å². The van der Waals surface area contributed by atoms with E-state index in [4.69, 9.17) is 4.74 Å². The molecule has 1 N–H and O–H groups in total. The van der Waals surface area contributed by atoms with Gasteiger partial charge >= 0.3 is 0 Å². The van der Waals surface area contributed by atoms with Crippen molar-refractivity contribution in [1.82, 2.24) is 5.32 Å². The topological polar surface area (TPSA) is 21.3 Å². The molecule has 1 heterocycles. The van der Waals surface area contributed by atoms with Gasteiger partial charge in [-0.25, -0.2) is 0 Å².